The van der Waals surface area contributed by atoms with Crippen LogP contribution in [0.2, 0.25) is 0 Å². The molecule has 0 aliphatic carbocycles. The Bertz CT molecular complexity index is 532. The van der Waals surface area contributed by atoms with E-state index < -0.39 is 17.0 Å². The summed E-state index contributed by atoms with van der Waals surface area (Å²) >= 11 is 0. The van der Waals surface area contributed by atoms with Crippen LogP contribution in [0.4, 0.5) is 0 Å². The average molecular weight is 353 g/mol. The maximum Gasteiger partial charge on any atom is 0.306 e. The number of unbranched alkanes of at least 4 members (excludes halogenated alkanes) is 1. The van der Waals surface area contributed by atoms with Crippen molar-refractivity contribution in [2.75, 3.05) is 0 Å². The van der Waals surface area contributed by atoms with Gasteiger partial charge in [-0.3, -0.25) is 14.4 Å². The van der Waals surface area contributed by atoms with E-state index >= 15 is 0 Å². The van der Waals surface area contributed by atoms with Crippen LogP contribution in [0.15, 0.2) is 12.2 Å². The van der Waals surface area contributed by atoms with E-state index in [1.54, 1.807) is 6.92 Å². The van der Waals surface area contributed by atoms with Crippen LogP contribution in [-0.4, -0.2) is 45.0 Å². The van der Waals surface area contributed by atoms with Crippen LogP contribution in [0.25, 0.3) is 0 Å². The van der Waals surface area contributed by atoms with E-state index in [1.807, 2.05) is 32.6 Å². The Hall–Kier alpha value is -1.85. The molecule has 0 radical (unpaired) electrons. The molecule has 0 saturated carbocycles. The molecule has 1 rings (SSSR count). The summed E-state index contributed by atoms with van der Waals surface area (Å²) in [6, 6.07) is 0. The molecule has 6 nitrogen and oxygen atoms in total. The lowest BCUT2D eigenvalue weighted by atomic mass is 9.77. The zero-order valence-electron chi connectivity index (χ0n) is 16.1. The largest absolute Gasteiger partial charge is 0.481 e. The van der Waals surface area contributed by atoms with E-state index in [4.69, 9.17) is 9.84 Å². The predicted octanol–water partition coefficient (Wildman–Crippen LogP) is 3.30. The van der Waals surface area contributed by atoms with E-state index in [9.17, 15) is 14.4 Å². The fourth-order valence-electron chi connectivity index (χ4n) is 3.80. The molecule has 0 atom stereocenters. The smallest absolute Gasteiger partial charge is 0.306 e. The topological polar surface area (TPSA) is 83.9 Å². The minimum Gasteiger partial charge on any atom is -0.481 e. The second-order valence-electron chi connectivity index (χ2n) is 8.17. The highest BCUT2D eigenvalue weighted by atomic mass is 16.5. The van der Waals surface area contributed by atoms with Gasteiger partial charge < -0.3 is 14.7 Å². The molecular weight excluding hydrogens is 322 g/mol. The summed E-state index contributed by atoms with van der Waals surface area (Å²) in [5, 5.41) is 8.61. The second kappa shape index (κ2) is 8.02. The van der Waals surface area contributed by atoms with Crippen molar-refractivity contribution in [1.82, 2.24) is 4.90 Å². The molecule has 0 aromatic rings. The molecule has 0 bridgehead atoms. The first-order chi connectivity index (χ1) is 11.4. The lowest BCUT2D eigenvalue weighted by molar-refractivity contribution is -0.166. The Labute approximate surface area is 150 Å². The normalized spacial score (nSPS) is 19.3. The van der Waals surface area contributed by atoms with E-state index in [0.29, 0.717) is 31.3 Å². The molecule has 0 aromatic heterocycles. The number of hydrogen-bond donors (Lipinski definition) is 1. The van der Waals surface area contributed by atoms with Crippen molar-refractivity contribution in [2.24, 2.45) is 0 Å². The van der Waals surface area contributed by atoms with Gasteiger partial charge in [0.05, 0.1) is 0 Å². The third kappa shape index (κ3) is 5.87. The van der Waals surface area contributed by atoms with Crippen molar-refractivity contribution in [3.63, 3.8) is 0 Å². The van der Waals surface area contributed by atoms with Gasteiger partial charge in [-0.1, -0.05) is 6.58 Å². The van der Waals surface area contributed by atoms with Gasteiger partial charge in [-0.05, 0) is 47.5 Å². The predicted molar refractivity (Wildman–Crippen MR) is 95.0 cm³/mol. The van der Waals surface area contributed by atoms with Crippen LogP contribution in [-0.2, 0) is 19.1 Å². The first-order valence-corrected chi connectivity index (χ1v) is 8.78. The molecule has 0 aromatic carbocycles. The van der Waals surface area contributed by atoms with Crippen molar-refractivity contribution in [2.45, 2.75) is 90.3 Å². The quantitative estimate of drug-likeness (QED) is 0.431. The van der Waals surface area contributed by atoms with Crippen LogP contribution >= 0.6 is 0 Å². The molecule has 1 heterocycles. The van der Waals surface area contributed by atoms with Gasteiger partial charge in [-0.25, -0.2) is 0 Å². The Balaban J connectivity index is 2.68. The highest BCUT2D eigenvalue weighted by molar-refractivity contribution is 5.93. The Morgan fingerprint density at radius 3 is 2.00 bits per heavy atom. The van der Waals surface area contributed by atoms with Gasteiger partial charge in [0.25, 0.3) is 0 Å². The van der Waals surface area contributed by atoms with Gasteiger partial charge >= 0.3 is 11.9 Å². The molecular formula is C19H31NO5. The van der Waals surface area contributed by atoms with Crippen molar-refractivity contribution in [1.29, 1.82) is 0 Å². The SMILES string of the molecule is C=C(C)C(=O)N1C(C)(C)CC(OC(=O)CCCCC(=O)O)CC1(C)C. The van der Waals surface area contributed by atoms with Gasteiger partial charge in [0.2, 0.25) is 5.91 Å². The third-order valence-corrected chi connectivity index (χ3v) is 4.55. The van der Waals surface area contributed by atoms with Crippen molar-refractivity contribution < 1.29 is 24.2 Å². The molecule has 0 spiro atoms. The summed E-state index contributed by atoms with van der Waals surface area (Å²) in [5.74, 6) is -1.23. The first kappa shape index (κ1) is 21.2. The van der Waals surface area contributed by atoms with E-state index in [2.05, 4.69) is 6.58 Å². The molecule has 1 N–H and O–H groups in total. The van der Waals surface area contributed by atoms with Crippen LogP contribution in [0.3, 0.4) is 0 Å². The standard InChI is InChI=1S/C19H31NO5/c1-13(2)17(24)20-18(3,4)11-14(12-19(20,5)6)25-16(23)10-8-7-9-15(21)22/h14H,1,7-12H2,2-6H3,(H,21,22). The summed E-state index contributed by atoms with van der Waals surface area (Å²) in [7, 11) is 0. The lowest BCUT2D eigenvalue weighted by Crippen LogP contribution is -2.64. The molecule has 1 aliphatic rings. The summed E-state index contributed by atoms with van der Waals surface area (Å²) in [5.41, 5.74) is -0.409. The van der Waals surface area contributed by atoms with E-state index in [0.717, 1.165) is 0 Å². The fraction of sp³-hybridized carbons (Fsp3) is 0.737. The van der Waals surface area contributed by atoms with E-state index in [-0.39, 0.29) is 30.8 Å². The Morgan fingerprint density at radius 1 is 1.08 bits per heavy atom. The molecule has 1 amide bonds. The summed E-state index contributed by atoms with van der Waals surface area (Å²) in [4.78, 5) is 36.9. The minimum atomic E-state index is -0.855. The molecule has 1 fully saturated rings. The Kier molecular flexibility index (Phi) is 6.80. The number of nitrogens with zero attached hydrogens (tertiary/aromatic N) is 1. The lowest BCUT2D eigenvalue weighted by Gasteiger charge is -2.54. The third-order valence-electron chi connectivity index (χ3n) is 4.55. The summed E-state index contributed by atoms with van der Waals surface area (Å²) in [6.07, 6.45) is 2.13. The number of likely N-dealkylation sites (tertiary alicyclic amines) is 1. The maximum absolute atomic E-state index is 12.6. The number of carboxylic acid groups (broad SMARTS) is 1. The van der Waals surface area contributed by atoms with E-state index in [1.165, 1.54) is 0 Å². The van der Waals surface area contributed by atoms with Crippen LogP contribution < -0.4 is 0 Å². The molecule has 1 aliphatic heterocycles. The van der Waals surface area contributed by atoms with Gasteiger partial charge in [0.1, 0.15) is 6.10 Å². The zero-order chi connectivity index (χ0) is 19.4. The maximum atomic E-state index is 12.6. The summed E-state index contributed by atoms with van der Waals surface area (Å²) < 4.78 is 5.61. The van der Waals surface area contributed by atoms with Gasteiger partial charge in [-0.2, -0.15) is 0 Å². The van der Waals surface area contributed by atoms with Crippen LogP contribution in [0.5, 0.6) is 0 Å². The van der Waals surface area contributed by atoms with Crippen LogP contribution in [0, 0.1) is 0 Å². The highest BCUT2D eigenvalue weighted by Crippen LogP contribution is 2.40. The van der Waals surface area contributed by atoms with Crippen molar-refractivity contribution >= 4 is 17.8 Å². The summed E-state index contributed by atoms with van der Waals surface area (Å²) in [6.45, 7) is 13.4. The van der Waals surface area contributed by atoms with Gasteiger partial charge in [-0.15, -0.1) is 0 Å². The van der Waals surface area contributed by atoms with Crippen molar-refractivity contribution in [3.8, 4) is 0 Å². The number of rotatable bonds is 7. The average Bonchev–Trinajstić information content (AvgIpc) is 2.40. The number of hydrogen-bond acceptors (Lipinski definition) is 4. The number of ether oxygens (including phenoxy) is 1. The number of carbonyl (C=O) groups is 3. The van der Waals surface area contributed by atoms with Gasteiger partial charge in [0.15, 0.2) is 0 Å². The fourth-order valence-corrected chi connectivity index (χ4v) is 3.80. The number of carboxylic acids is 1. The van der Waals surface area contributed by atoms with Crippen molar-refractivity contribution in [3.05, 3.63) is 12.2 Å². The number of esters is 1. The molecule has 142 valence electrons. The first-order valence-electron chi connectivity index (χ1n) is 8.78. The minimum absolute atomic E-state index is 0.0642. The molecule has 1 saturated heterocycles. The van der Waals surface area contributed by atoms with Gasteiger partial charge in [0, 0.05) is 42.3 Å². The molecule has 0 unspecified atom stereocenters. The number of piperidine rings is 1. The highest BCUT2D eigenvalue weighted by Gasteiger charge is 2.48. The van der Waals surface area contributed by atoms with Crippen LogP contribution in [0.1, 0.15) is 73.1 Å². The molecule has 25 heavy (non-hydrogen) atoms. The number of aliphatic carboxylic acids is 1. The number of carbonyl (C=O) groups excluding carboxylic acids is 2. The monoisotopic (exact) mass is 353 g/mol. The second-order valence-corrected chi connectivity index (χ2v) is 8.17. The zero-order valence-corrected chi connectivity index (χ0v) is 16.1. The number of amides is 1. The Morgan fingerprint density at radius 2 is 1.56 bits per heavy atom. The molecule has 6 heteroatoms.